The van der Waals surface area contributed by atoms with Gasteiger partial charge in [0.2, 0.25) is 0 Å². The number of aromatic nitrogens is 1. The number of nitrogens with zero attached hydrogens (tertiary/aromatic N) is 1. The maximum atomic E-state index is 9.71. The zero-order valence-corrected chi connectivity index (χ0v) is 11.3. The fourth-order valence-electron chi connectivity index (χ4n) is 1.70. The maximum absolute atomic E-state index is 9.71. The van der Waals surface area contributed by atoms with Crippen LogP contribution in [-0.4, -0.2) is 31.7 Å². The van der Waals surface area contributed by atoms with Crippen LogP contribution in [0.15, 0.2) is 24.5 Å². The van der Waals surface area contributed by atoms with Crippen LogP contribution in [0.1, 0.15) is 25.3 Å². The van der Waals surface area contributed by atoms with E-state index in [1.54, 1.807) is 7.11 Å². The summed E-state index contributed by atoms with van der Waals surface area (Å²) in [6.07, 6.45) is 6.22. The Kier molecular flexibility index (Phi) is 7.57. The van der Waals surface area contributed by atoms with Crippen LogP contribution < -0.4 is 4.57 Å². The summed E-state index contributed by atoms with van der Waals surface area (Å²) in [4.78, 5) is 0. The molecule has 1 aromatic rings. The van der Waals surface area contributed by atoms with Crippen LogP contribution in [0.2, 0.25) is 0 Å². The molecule has 4 nitrogen and oxygen atoms in total. The van der Waals surface area contributed by atoms with E-state index >= 15 is 0 Å². The van der Waals surface area contributed by atoms with Crippen molar-refractivity contribution < 1.29 is 19.1 Å². The molecule has 102 valence electrons. The smallest absolute Gasteiger partial charge is 0.172 e. The minimum Gasteiger partial charge on any atom is -0.382 e. The Bertz CT molecular complexity index is 331. The van der Waals surface area contributed by atoms with Crippen molar-refractivity contribution in [2.24, 2.45) is 0 Å². The van der Waals surface area contributed by atoms with Gasteiger partial charge in [0.15, 0.2) is 18.7 Å². The minimum atomic E-state index is -0.762. The van der Waals surface area contributed by atoms with Crippen LogP contribution in [0, 0.1) is 0 Å². The third-order valence-electron chi connectivity index (χ3n) is 2.70. The highest BCUT2D eigenvalue weighted by molar-refractivity contribution is 5.05. The zero-order chi connectivity index (χ0) is 13.2. The lowest BCUT2D eigenvalue weighted by molar-refractivity contribution is -0.697. The highest BCUT2D eigenvalue weighted by atomic mass is 16.6. The summed E-state index contributed by atoms with van der Waals surface area (Å²) in [6, 6.07) is 4.01. The number of aliphatic hydroxyl groups excluding tert-OH is 1. The third-order valence-corrected chi connectivity index (χ3v) is 2.70. The van der Waals surface area contributed by atoms with Gasteiger partial charge in [0.1, 0.15) is 6.54 Å². The van der Waals surface area contributed by atoms with Gasteiger partial charge in [-0.15, -0.1) is 0 Å². The molecule has 1 unspecified atom stereocenters. The van der Waals surface area contributed by atoms with E-state index in [4.69, 9.17) is 9.47 Å². The average molecular weight is 254 g/mol. The second-order valence-corrected chi connectivity index (χ2v) is 4.33. The molecule has 0 spiro atoms. The zero-order valence-electron chi connectivity index (χ0n) is 11.3. The van der Waals surface area contributed by atoms with Crippen LogP contribution in [0.4, 0.5) is 0 Å². The molecule has 1 N–H and O–H groups in total. The predicted octanol–water partition coefficient (Wildman–Crippen LogP) is 1.30. The summed E-state index contributed by atoms with van der Waals surface area (Å²) in [5, 5.41) is 9.71. The van der Waals surface area contributed by atoms with Gasteiger partial charge in [0.05, 0.1) is 13.2 Å². The lowest BCUT2D eigenvalue weighted by Gasteiger charge is -2.10. The molecule has 4 heteroatoms. The van der Waals surface area contributed by atoms with E-state index in [0.29, 0.717) is 19.6 Å². The second-order valence-electron chi connectivity index (χ2n) is 4.33. The molecule has 1 heterocycles. The largest absolute Gasteiger partial charge is 0.382 e. The van der Waals surface area contributed by atoms with Crippen LogP contribution in [-0.2, 0) is 22.4 Å². The lowest BCUT2D eigenvalue weighted by Crippen LogP contribution is -2.33. The normalized spacial score (nSPS) is 12.6. The molecule has 0 bridgehead atoms. The van der Waals surface area contributed by atoms with Crippen molar-refractivity contribution in [3.05, 3.63) is 30.1 Å². The highest BCUT2D eigenvalue weighted by Gasteiger charge is 2.09. The van der Waals surface area contributed by atoms with Crippen LogP contribution in [0.25, 0.3) is 0 Å². The van der Waals surface area contributed by atoms with Crippen LogP contribution >= 0.6 is 0 Å². The number of hydrogen-bond donors (Lipinski definition) is 1. The molecule has 0 saturated carbocycles. The third kappa shape index (κ3) is 6.10. The molecule has 1 rings (SSSR count). The summed E-state index contributed by atoms with van der Waals surface area (Å²) in [6.45, 7) is 4.12. The molecular weight excluding hydrogens is 230 g/mol. The van der Waals surface area contributed by atoms with E-state index in [0.717, 1.165) is 12.1 Å². The van der Waals surface area contributed by atoms with E-state index in [1.807, 2.05) is 12.1 Å². The van der Waals surface area contributed by atoms with Gasteiger partial charge in [-0.3, -0.25) is 0 Å². The van der Waals surface area contributed by atoms with Crippen molar-refractivity contribution in [2.45, 2.75) is 39.0 Å². The summed E-state index contributed by atoms with van der Waals surface area (Å²) in [5.41, 5.74) is 1.08. The van der Waals surface area contributed by atoms with E-state index in [-0.39, 0.29) is 0 Å². The van der Waals surface area contributed by atoms with Crippen molar-refractivity contribution in [2.75, 3.05) is 20.3 Å². The van der Waals surface area contributed by atoms with Gasteiger partial charge in [0.25, 0.3) is 0 Å². The van der Waals surface area contributed by atoms with E-state index in [9.17, 15) is 5.11 Å². The maximum Gasteiger partial charge on any atom is 0.172 e. The fourth-order valence-corrected chi connectivity index (χ4v) is 1.70. The number of unbranched alkanes of at least 4 members (excludes halogenated alkanes) is 1. The monoisotopic (exact) mass is 254 g/mol. The summed E-state index contributed by atoms with van der Waals surface area (Å²) in [5.74, 6) is 0. The highest BCUT2D eigenvalue weighted by Crippen LogP contribution is 2.02. The SMILES string of the molecule is CCCC[n+]1cccc(CC(O)OCCOC)c1. The van der Waals surface area contributed by atoms with Crippen LogP contribution in [0.5, 0.6) is 0 Å². The number of pyridine rings is 1. The van der Waals surface area contributed by atoms with Crippen molar-refractivity contribution in [1.82, 2.24) is 0 Å². The fraction of sp³-hybridized carbons (Fsp3) is 0.643. The number of hydrogen-bond acceptors (Lipinski definition) is 3. The molecule has 0 amide bonds. The lowest BCUT2D eigenvalue weighted by atomic mass is 10.2. The van der Waals surface area contributed by atoms with E-state index in [1.165, 1.54) is 12.8 Å². The van der Waals surface area contributed by atoms with Gasteiger partial charge in [-0.25, -0.2) is 4.57 Å². The molecule has 0 aromatic carbocycles. The van der Waals surface area contributed by atoms with E-state index in [2.05, 4.69) is 23.9 Å². The molecule has 0 aliphatic heterocycles. The first-order chi connectivity index (χ1) is 8.76. The molecule has 0 radical (unpaired) electrons. The van der Waals surface area contributed by atoms with Gasteiger partial charge in [-0.2, -0.15) is 0 Å². The minimum absolute atomic E-state index is 0.417. The second kappa shape index (κ2) is 9.03. The summed E-state index contributed by atoms with van der Waals surface area (Å²) in [7, 11) is 1.61. The Morgan fingerprint density at radius 3 is 2.94 bits per heavy atom. The number of ether oxygens (including phenoxy) is 2. The molecule has 1 atom stereocenters. The molecule has 0 saturated heterocycles. The molecule has 0 fully saturated rings. The van der Waals surface area contributed by atoms with Crippen molar-refractivity contribution >= 4 is 0 Å². The van der Waals surface area contributed by atoms with Gasteiger partial charge in [0, 0.05) is 31.6 Å². The first kappa shape index (κ1) is 15.1. The topological polar surface area (TPSA) is 42.6 Å². The van der Waals surface area contributed by atoms with Crippen molar-refractivity contribution in [1.29, 1.82) is 0 Å². The number of methoxy groups -OCH3 is 1. The van der Waals surface area contributed by atoms with Crippen molar-refractivity contribution in [3.63, 3.8) is 0 Å². The Labute approximate surface area is 109 Å². The number of aliphatic hydroxyl groups is 1. The van der Waals surface area contributed by atoms with Crippen molar-refractivity contribution in [3.8, 4) is 0 Å². The Balaban J connectivity index is 2.40. The van der Waals surface area contributed by atoms with Gasteiger partial charge >= 0.3 is 0 Å². The average Bonchev–Trinajstić information content (AvgIpc) is 2.37. The predicted molar refractivity (Wildman–Crippen MR) is 69.1 cm³/mol. The first-order valence-corrected chi connectivity index (χ1v) is 6.53. The molecule has 0 aliphatic carbocycles. The number of aryl methyl sites for hydroxylation is 1. The summed E-state index contributed by atoms with van der Waals surface area (Å²) >= 11 is 0. The molecule has 0 aliphatic rings. The Morgan fingerprint density at radius 2 is 2.22 bits per heavy atom. The first-order valence-electron chi connectivity index (χ1n) is 6.53. The van der Waals surface area contributed by atoms with Crippen LogP contribution in [0.3, 0.4) is 0 Å². The summed E-state index contributed by atoms with van der Waals surface area (Å²) < 4.78 is 12.2. The Hall–Kier alpha value is -0.970. The van der Waals surface area contributed by atoms with Gasteiger partial charge < -0.3 is 14.6 Å². The quantitative estimate of drug-likeness (QED) is 0.410. The van der Waals surface area contributed by atoms with E-state index < -0.39 is 6.29 Å². The van der Waals surface area contributed by atoms with Gasteiger partial charge in [-0.05, 0) is 6.07 Å². The standard InChI is InChI=1S/C14H24NO3/c1-3-4-7-15-8-5-6-13(12-15)11-14(16)18-10-9-17-2/h5-6,8,12,14,16H,3-4,7,9-11H2,1-2H3/q+1. The van der Waals surface area contributed by atoms with Gasteiger partial charge in [-0.1, -0.05) is 13.3 Å². The Morgan fingerprint density at radius 1 is 1.39 bits per heavy atom. The molecular formula is C14H24NO3+. The molecule has 1 aromatic heterocycles. The number of rotatable bonds is 9. The molecule has 18 heavy (non-hydrogen) atoms.